The van der Waals surface area contributed by atoms with E-state index in [9.17, 15) is 18.3 Å². The summed E-state index contributed by atoms with van der Waals surface area (Å²) in [5.74, 6) is -1.17. The van der Waals surface area contributed by atoms with Crippen LogP contribution in [-0.2, 0) is 27.7 Å². The van der Waals surface area contributed by atoms with Gasteiger partial charge in [-0.15, -0.1) is 11.3 Å². The largest absolute Gasteiger partial charge is 0.478 e. The van der Waals surface area contributed by atoms with Crippen molar-refractivity contribution in [1.82, 2.24) is 9.62 Å². The monoisotopic (exact) mass is 374 g/mol. The van der Waals surface area contributed by atoms with E-state index in [1.165, 1.54) is 11.4 Å². The van der Waals surface area contributed by atoms with Gasteiger partial charge in [0.2, 0.25) is 0 Å². The van der Waals surface area contributed by atoms with Crippen molar-refractivity contribution in [2.45, 2.75) is 42.5 Å². The van der Waals surface area contributed by atoms with Crippen LogP contribution in [0.5, 0.6) is 0 Å². The highest BCUT2D eigenvalue weighted by Gasteiger charge is 2.35. The van der Waals surface area contributed by atoms with Crippen molar-refractivity contribution in [1.29, 1.82) is 0 Å². The Hall–Kier alpha value is -1.00. The fourth-order valence-corrected chi connectivity index (χ4v) is 6.44. The number of sulfonamides is 1. The molecule has 1 unspecified atom stereocenters. The molecule has 0 radical (unpaired) electrons. The van der Waals surface area contributed by atoms with Crippen LogP contribution >= 0.6 is 11.3 Å². The standard InChI is InChI=1S/C15H22N2O5S2/c1-17(9-10-4-2-3-7-22-10)24(20,21)15-13(14(18)19)11-5-6-16-8-12(11)23-15/h10,16H,2-9H2,1H3,(H,18,19). The molecule has 9 heteroatoms. The average Bonchev–Trinajstić information content (AvgIpc) is 2.96. The summed E-state index contributed by atoms with van der Waals surface area (Å²) in [7, 11) is -2.35. The maximum atomic E-state index is 12.9. The van der Waals surface area contributed by atoms with Gasteiger partial charge in [-0.2, -0.15) is 4.31 Å². The fraction of sp³-hybridized carbons (Fsp3) is 0.667. The minimum absolute atomic E-state index is 0.0482. The van der Waals surface area contributed by atoms with E-state index in [0.717, 1.165) is 35.5 Å². The van der Waals surface area contributed by atoms with E-state index in [0.29, 0.717) is 31.7 Å². The van der Waals surface area contributed by atoms with Crippen LogP contribution in [0.1, 0.15) is 40.1 Å². The Morgan fingerprint density at radius 2 is 2.25 bits per heavy atom. The molecule has 3 heterocycles. The third kappa shape index (κ3) is 3.36. The van der Waals surface area contributed by atoms with Crippen molar-refractivity contribution in [2.75, 3.05) is 26.7 Å². The smallest absolute Gasteiger partial charge is 0.338 e. The van der Waals surface area contributed by atoms with Crippen molar-refractivity contribution < 1.29 is 23.1 Å². The molecule has 0 amide bonds. The third-order valence-electron chi connectivity index (χ3n) is 4.49. The highest BCUT2D eigenvalue weighted by Crippen LogP contribution is 2.36. The quantitative estimate of drug-likeness (QED) is 0.806. The lowest BCUT2D eigenvalue weighted by atomic mass is 10.1. The van der Waals surface area contributed by atoms with E-state index >= 15 is 0 Å². The van der Waals surface area contributed by atoms with Gasteiger partial charge in [-0.3, -0.25) is 0 Å². The van der Waals surface area contributed by atoms with Gasteiger partial charge in [0.05, 0.1) is 11.7 Å². The molecule has 1 aromatic heterocycles. The first-order valence-electron chi connectivity index (χ1n) is 8.07. The third-order valence-corrected chi connectivity index (χ3v) is 8.04. The number of nitrogens with one attached hydrogen (secondary N) is 1. The van der Waals surface area contributed by atoms with Gasteiger partial charge in [-0.1, -0.05) is 0 Å². The van der Waals surface area contributed by atoms with Gasteiger partial charge in [-0.05, 0) is 37.8 Å². The molecule has 1 aromatic rings. The van der Waals surface area contributed by atoms with Gasteiger partial charge in [0.1, 0.15) is 4.21 Å². The number of carbonyl (C=O) groups is 1. The number of hydrogen-bond donors (Lipinski definition) is 2. The second-order valence-corrected chi connectivity index (χ2v) is 9.52. The number of thiophene rings is 1. The number of aromatic carboxylic acids is 1. The molecule has 1 saturated heterocycles. The first kappa shape index (κ1) is 17.8. The summed E-state index contributed by atoms with van der Waals surface area (Å²) in [6.07, 6.45) is 3.27. The molecule has 0 saturated carbocycles. The molecule has 0 aromatic carbocycles. The zero-order valence-electron chi connectivity index (χ0n) is 13.6. The Morgan fingerprint density at radius 1 is 1.46 bits per heavy atom. The molecule has 2 aliphatic heterocycles. The normalized spacial score (nSPS) is 21.7. The Balaban J connectivity index is 1.91. The van der Waals surface area contributed by atoms with E-state index in [-0.39, 0.29) is 22.4 Å². The Bertz CT molecular complexity index is 722. The lowest BCUT2D eigenvalue weighted by Gasteiger charge is -2.26. The van der Waals surface area contributed by atoms with Gasteiger partial charge in [0, 0.05) is 31.6 Å². The zero-order chi connectivity index (χ0) is 17.3. The van der Waals surface area contributed by atoms with Gasteiger partial charge in [0.25, 0.3) is 10.0 Å². The van der Waals surface area contributed by atoms with Crippen molar-refractivity contribution in [3.05, 3.63) is 16.0 Å². The first-order chi connectivity index (χ1) is 11.4. The summed E-state index contributed by atoms with van der Waals surface area (Å²) < 4.78 is 32.7. The van der Waals surface area contributed by atoms with Crippen LogP contribution in [0.2, 0.25) is 0 Å². The van der Waals surface area contributed by atoms with Gasteiger partial charge in [-0.25, -0.2) is 13.2 Å². The van der Waals surface area contributed by atoms with Crippen LogP contribution in [0, 0.1) is 0 Å². The molecule has 0 aliphatic carbocycles. The minimum Gasteiger partial charge on any atom is -0.478 e. The van der Waals surface area contributed by atoms with Crippen LogP contribution in [0.15, 0.2) is 4.21 Å². The van der Waals surface area contributed by atoms with E-state index in [2.05, 4.69) is 5.32 Å². The molecule has 2 N–H and O–H groups in total. The second-order valence-electron chi connectivity index (χ2n) is 6.17. The molecule has 7 nitrogen and oxygen atoms in total. The van der Waals surface area contributed by atoms with Crippen molar-refractivity contribution in [3.63, 3.8) is 0 Å². The number of rotatable bonds is 5. The predicted molar refractivity (Wildman–Crippen MR) is 90.1 cm³/mol. The number of ether oxygens (including phenoxy) is 1. The Kier molecular flexibility index (Phi) is 5.26. The molecule has 24 heavy (non-hydrogen) atoms. The van der Waals surface area contributed by atoms with Crippen LogP contribution in [0.4, 0.5) is 0 Å². The SMILES string of the molecule is CN(CC1CCCCO1)S(=O)(=O)c1sc2c(c1C(=O)O)CCNC2. The van der Waals surface area contributed by atoms with Crippen molar-refractivity contribution >= 4 is 27.3 Å². The summed E-state index contributed by atoms with van der Waals surface area (Å²) in [6.45, 7) is 2.08. The van der Waals surface area contributed by atoms with E-state index in [1.807, 2.05) is 0 Å². The first-order valence-corrected chi connectivity index (χ1v) is 10.3. The minimum atomic E-state index is -3.84. The Labute approximate surface area is 145 Å². The van der Waals surface area contributed by atoms with Crippen molar-refractivity contribution in [3.8, 4) is 0 Å². The summed E-state index contributed by atoms with van der Waals surface area (Å²) in [4.78, 5) is 12.5. The summed E-state index contributed by atoms with van der Waals surface area (Å²) in [6, 6.07) is 0. The molecule has 0 spiro atoms. The number of carboxylic acid groups (broad SMARTS) is 1. The predicted octanol–water partition coefficient (Wildman–Crippen LogP) is 1.28. The van der Waals surface area contributed by atoms with E-state index < -0.39 is 16.0 Å². The number of fused-ring (bicyclic) bond motifs is 1. The van der Waals surface area contributed by atoms with Crippen LogP contribution < -0.4 is 5.32 Å². The summed E-state index contributed by atoms with van der Waals surface area (Å²) in [5.41, 5.74) is 0.611. The van der Waals surface area contributed by atoms with Gasteiger partial charge >= 0.3 is 5.97 Å². The maximum absolute atomic E-state index is 12.9. The molecule has 134 valence electrons. The number of hydrogen-bond acceptors (Lipinski definition) is 6. The highest BCUT2D eigenvalue weighted by molar-refractivity contribution is 7.91. The van der Waals surface area contributed by atoms with Crippen LogP contribution in [0.25, 0.3) is 0 Å². The van der Waals surface area contributed by atoms with E-state index in [4.69, 9.17) is 4.74 Å². The molecule has 0 bridgehead atoms. The number of likely N-dealkylation sites (N-methyl/N-ethyl adjacent to an activating group) is 1. The lowest BCUT2D eigenvalue weighted by Crippen LogP contribution is -2.37. The van der Waals surface area contributed by atoms with Crippen LogP contribution in [-0.4, -0.2) is 56.6 Å². The van der Waals surface area contributed by atoms with Gasteiger partial charge in [0.15, 0.2) is 0 Å². The lowest BCUT2D eigenvalue weighted by molar-refractivity contribution is 0.00860. The molecule has 1 fully saturated rings. The van der Waals surface area contributed by atoms with E-state index in [1.54, 1.807) is 0 Å². The number of carboxylic acids is 1. The zero-order valence-corrected chi connectivity index (χ0v) is 15.2. The highest BCUT2D eigenvalue weighted by atomic mass is 32.2. The summed E-state index contributed by atoms with van der Waals surface area (Å²) >= 11 is 1.07. The van der Waals surface area contributed by atoms with Crippen molar-refractivity contribution in [2.24, 2.45) is 0 Å². The summed E-state index contributed by atoms with van der Waals surface area (Å²) in [5, 5.41) is 12.7. The fourth-order valence-electron chi connectivity index (χ4n) is 3.19. The van der Waals surface area contributed by atoms with Crippen LogP contribution in [0.3, 0.4) is 0 Å². The molecule has 2 aliphatic rings. The molecular weight excluding hydrogens is 352 g/mol. The molecular formula is C15H22N2O5S2. The maximum Gasteiger partial charge on any atom is 0.338 e. The second kappa shape index (κ2) is 7.09. The molecule has 3 rings (SSSR count). The Morgan fingerprint density at radius 3 is 2.92 bits per heavy atom. The topological polar surface area (TPSA) is 95.9 Å². The van der Waals surface area contributed by atoms with Gasteiger partial charge < -0.3 is 15.2 Å². The average molecular weight is 374 g/mol. The molecule has 1 atom stereocenters. The number of nitrogens with zero attached hydrogens (tertiary/aromatic N) is 1.